The third kappa shape index (κ3) is 6.04. The average Bonchev–Trinajstić information content (AvgIpc) is 3.26. The molecule has 4 aromatic rings. The summed E-state index contributed by atoms with van der Waals surface area (Å²) in [4.78, 5) is 6.68. The predicted octanol–water partition coefficient (Wildman–Crippen LogP) is 4.36. The second-order valence-electron chi connectivity index (χ2n) is 7.56. The molecule has 0 atom stereocenters. The summed E-state index contributed by atoms with van der Waals surface area (Å²) in [7, 11) is 2.12. The van der Waals surface area contributed by atoms with Crippen molar-refractivity contribution in [1.29, 1.82) is 0 Å². The fourth-order valence-corrected chi connectivity index (χ4v) is 3.79. The van der Waals surface area contributed by atoms with Crippen LogP contribution in [-0.4, -0.2) is 58.1 Å². The molecule has 0 fully saturated rings. The van der Waals surface area contributed by atoms with Crippen LogP contribution in [-0.2, 0) is 6.54 Å². The van der Waals surface area contributed by atoms with E-state index in [-0.39, 0.29) is 0 Å². The quantitative estimate of drug-likeness (QED) is 0.306. The summed E-state index contributed by atoms with van der Waals surface area (Å²) in [6.45, 7) is 4.28. The van der Waals surface area contributed by atoms with Crippen molar-refractivity contribution in [3.05, 3.63) is 76.1 Å². The minimum atomic E-state index is 0.689. The largest absolute Gasteiger partial charge is 0.383 e. The minimum absolute atomic E-state index is 0.689. The smallest absolute Gasteiger partial charge is 0.0969 e. The zero-order chi connectivity index (χ0) is 22.3. The molecule has 2 aromatic heterocycles. The number of nitrogens with one attached hydrogen (secondary N) is 2. The van der Waals surface area contributed by atoms with Gasteiger partial charge in [0.25, 0.3) is 0 Å². The summed E-state index contributed by atoms with van der Waals surface area (Å²) in [5.74, 6) is 0. The number of benzene rings is 2. The van der Waals surface area contributed by atoms with Crippen molar-refractivity contribution < 1.29 is 0 Å². The summed E-state index contributed by atoms with van der Waals surface area (Å²) in [5, 5.41) is 17.2. The fraction of sp³-hybridized carbons (Fsp3) is 0.261. The number of fused-ring (bicyclic) bond motifs is 1. The molecule has 4 rings (SSSR count). The molecular formula is C23H25BrClN7. The summed E-state index contributed by atoms with van der Waals surface area (Å²) in [5.41, 5.74) is 3.88. The Morgan fingerprint density at radius 1 is 1.06 bits per heavy atom. The molecule has 2 aromatic carbocycles. The van der Waals surface area contributed by atoms with Crippen LogP contribution < -0.4 is 10.6 Å². The third-order valence-electron chi connectivity index (χ3n) is 5.12. The van der Waals surface area contributed by atoms with Gasteiger partial charge in [-0.15, -0.1) is 5.10 Å². The molecule has 0 spiro atoms. The van der Waals surface area contributed by atoms with Crippen molar-refractivity contribution in [2.45, 2.75) is 6.54 Å². The number of anilines is 1. The van der Waals surface area contributed by atoms with Gasteiger partial charge in [0.15, 0.2) is 0 Å². The fourth-order valence-electron chi connectivity index (χ4n) is 3.35. The van der Waals surface area contributed by atoms with E-state index in [1.807, 2.05) is 60.9 Å². The molecule has 0 saturated heterocycles. The van der Waals surface area contributed by atoms with E-state index < -0.39 is 0 Å². The van der Waals surface area contributed by atoms with Crippen LogP contribution in [0.25, 0.3) is 16.6 Å². The van der Waals surface area contributed by atoms with E-state index in [0.717, 1.165) is 58.6 Å². The number of aromatic nitrogens is 4. The zero-order valence-corrected chi connectivity index (χ0v) is 20.1. The van der Waals surface area contributed by atoms with Gasteiger partial charge in [0.05, 0.1) is 23.1 Å². The predicted molar refractivity (Wildman–Crippen MR) is 134 cm³/mol. The lowest BCUT2D eigenvalue weighted by atomic mass is 10.2. The summed E-state index contributed by atoms with van der Waals surface area (Å²) >= 11 is 9.51. The monoisotopic (exact) mass is 513 g/mol. The normalized spacial score (nSPS) is 11.4. The minimum Gasteiger partial charge on any atom is -0.383 e. The van der Waals surface area contributed by atoms with Gasteiger partial charge in [-0.3, -0.25) is 4.98 Å². The zero-order valence-electron chi connectivity index (χ0n) is 17.8. The molecule has 0 aliphatic rings. The van der Waals surface area contributed by atoms with Gasteiger partial charge in [-0.25, -0.2) is 4.68 Å². The van der Waals surface area contributed by atoms with Crippen molar-refractivity contribution in [1.82, 2.24) is 30.2 Å². The molecule has 2 heterocycles. The van der Waals surface area contributed by atoms with Crippen molar-refractivity contribution in [3.8, 4) is 5.69 Å². The lowest BCUT2D eigenvalue weighted by Crippen LogP contribution is -2.32. The van der Waals surface area contributed by atoms with Gasteiger partial charge in [-0.05, 0) is 55.6 Å². The maximum atomic E-state index is 6.07. The molecule has 7 nitrogen and oxygen atoms in total. The summed E-state index contributed by atoms with van der Waals surface area (Å²) in [6, 6.07) is 15.8. The van der Waals surface area contributed by atoms with E-state index >= 15 is 0 Å². The van der Waals surface area contributed by atoms with E-state index in [9.17, 15) is 0 Å². The number of pyridine rings is 1. The van der Waals surface area contributed by atoms with E-state index in [0.29, 0.717) is 11.6 Å². The average molecular weight is 515 g/mol. The Kier molecular flexibility index (Phi) is 7.70. The van der Waals surface area contributed by atoms with Gasteiger partial charge in [0.2, 0.25) is 0 Å². The number of rotatable bonds is 10. The number of hydrogen-bond donors (Lipinski definition) is 2. The van der Waals surface area contributed by atoms with Gasteiger partial charge < -0.3 is 15.5 Å². The molecule has 9 heteroatoms. The van der Waals surface area contributed by atoms with Gasteiger partial charge in [-0.1, -0.05) is 32.7 Å². The first-order chi connectivity index (χ1) is 15.6. The van der Waals surface area contributed by atoms with E-state index in [2.05, 4.69) is 53.8 Å². The first kappa shape index (κ1) is 22.7. The van der Waals surface area contributed by atoms with Crippen LogP contribution in [0.15, 0.2) is 65.4 Å². The van der Waals surface area contributed by atoms with Crippen LogP contribution >= 0.6 is 27.5 Å². The molecule has 0 aliphatic heterocycles. The van der Waals surface area contributed by atoms with Crippen molar-refractivity contribution in [2.24, 2.45) is 0 Å². The number of likely N-dealkylation sites (N-methyl/N-ethyl adjacent to an activating group) is 1. The second-order valence-corrected chi connectivity index (χ2v) is 8.91. The molecule has 2 N–H and O–H groups in total. The molecule has 0 bridgehead atoms. The Morgan fingerprint density at radius 3 is 2.72 bits per heavy atom. The van der Waals surface area contributed by atoms with Gasteiger partial charge in [-0.2, -0.15) is 0 Å². The van der Waals surface area contributed by atoms with E-state index in [4.69, 9.17) is 11.6 Å². The Hall–Kier alpha value is -2.52. The highest BCUT2D eigenvalue weighted by Crippen LogP contribution is 2.24. The van der Waals surface area contributed by atoms with Crippen LogP contribution in [0.2, 0.25) is 5.02 Å². The molecule has 0 amide bonds. The topological polar surface area (TPSA) is 70.9 Å². The lowest BCUT2D eigenvalue weighted by Gasteiger charge is -2.18. The summed E-state index contributed by atoms with van der Waals surface area (Å²) < 4.78 is 2.83. The number of halogens is 2. The molecular weight excluding hydrogens is 490 g/mol. The Bertz CT molecular complexity index is 1160. The van der Waals surface area contributed by atoms with Crippen molar-refractivity contribution in [3.63, 3.8) is 0 Å². The maximum absolute atomic E-state index is 6.07. The van der Waals surface area contributed by atoms with Gasteiger partial charge in [0.1, 0.15) is 0 Å². The molecule has 0 saturated carbocycles. The second kappa shape index (κ2) is 10.9. The van der Waals surface area contributed by atoms with Crippen LogP contribution in [0.1, 0.15) is 5.69 Å². The van der Waals surface area contributed by atoms with Crippen molar-refractivity contribution >= 4 is 44.1 Å². The lowest BCUT2D eigenvalue weighted by molar-refractivity contribution is 0.343. The van der Waals surface area contributed by atoms with Crippen LogP contribution in [0.3, 0.4) is 0 Å². The molecule has 0 unspecified atom stereocenters. The Labute approximate surface area is 200 Å². The van der Waals surface area contributed by atoms with Crippen LogP contribution in [0.4, 0.5) is 5.69 Å². The number of nitrogens with zero attached hydrogens (tertiary/aromatic N) is 5. The molecule has 32 heavy (non-hydrogen) atoms. The highest BCUT2D eigenvalue weighted by Gasteiger charge is 2.05. The first-order valence-corrected chi connectivity index (χ1v) is 11.6. The van der Waals surface area contributed by atoms with Crippen LogP contribution in [0.5, 0.6) is 0 Å². The highest BCUT2D eigenvalue weighted by molar-refractivity contribution is 9.10. The number of hydrogen-bond acceptors (Lipinski definition) is 6. The first-order valence-electron chi connectivity index (χ1n) is 10.4. The van der Waals surface area contributed by atoms with E-state index in [1.54, 1.807) is 4.68 Å². The molecule has 166 valence electrons. The Balaban J connectivity index is 1.17. The highest BCUT2D eigenvalue weighted by atomic mass is 79.9. The maximum Gasteiger partial charge on any atom is 0.0969 e. The molecule has 0 radical (unpaired) electrons. The SMILES string of the molecule is CN(CCNCc1cn(-c2ccc(Br)cc2)nn1)CCNc1ccnc2cc(Cl)ccc12. The summed E-state index contributed by atoms with van der Waals surface area (Å²) in [6.07, 6.45) is 3.76. The van der Waals surface area contributed by atoms with Gasteiger partial charge >= 0.3 is 0 Å². The van der Waals surface area contributed by atoms with Crippen molar-refractivity contribution in [2.75, 3.05) is 38.5 Å². The van der Waals surface area contributed by atoms with Gasteiger partial charge in [0, 0.05) is 59.5 Å². The standard InChI is InChI=1S/C23H25BrClN7/c1-31(13-11-28-22-8-9-27-23-14-18(25)4-7-21(22)23)12-10-26-15-19-16-32(30-29-19)20-5-2-17(24)3-6-20/h2-9,14,16,26H,10-13,15H2,1H3,(H,27,28). The van der Waals surface area contributed by atoms with Crippen LogP contribution in [0, 0.1) is 0 Å². The molecule has 0 aliphatic carbocycles. The third-order valence-corrected chi connectivity index (χ3v) is 5.89. The van der Waals surface area contributed by atoms with E-state index in [1.165, 1.54) is 0 Å². The Morgan fingerprint density at radius 2 is 1.88 bits per heavy atom.